The minimum absolute atomic E-state index is 0.0477. The predicted octanol–water partition coefficient (Wildman–Crippen LogP) is 2.33. The van der Waals surface area contributed by atoms with E-state index in [0.29, 0.717) is 5.69 Å². The number of carbonyl (C=O) groups excluding carboxylic acids is 2. The summed E-state index contributed by atoms with van der Waals surface area (Å²) >= 11 is 0. The molecule has 0 saturated heterocycles. The van der Waals surface area contributed by atoms with Crippen LogP contribution in [-0.4, -0.2) is 24.6 Å². The molecule has 5 heteroatoms. The zero-order chi connectivity index (χ0) is 16.0. The first-order valence-corrected chi connectivity index (χ1v) is 6.90. The van der Waals surface area contributed by atoms with Crippen molar-refractivity contribution in [2.24, 2.45) is 5.41 Å². The van der Waals surface area contributed by atoms with Gasteiger partial charge in [0.25, 0.3) is 0 Å². The first-order valence-electron chi connectivity index (χ1n) is 6.90. The average molecular weight is 293 g/mol. The summed E-state index contributed by atoms with van der Waals surface area (Å²) in [5, 5.41) is 0. The molecule has 21 heavy (non-hydrogen) atoms. The molecule has 0 aliphatic heterocycles. The molecule has 0 saturated carbocycles. The van der Waals surface area contributed by atoms with Crippen molar-refractivity contribution in [3.05, 3.63) is 29.8 Å². The molecule has 1 unspecified atom stereocenters. The van der Waals surface area contributed by atoms with Crippen molar-refractivity contribution in [2.75, 3.05) is 12.3 Å². The Hall–Kier alpha value is -2.04. The molecule has 0 aromatic heterocycles. The lowest BCUT2D eigenvalue weighted by Crippen LogP contribution is -2.28. The number of esters is 2. The number of benzene rings is 1. The van der Waals surface area contributed by atoms with Gasteiger partial charge < -0.3 is 15.2 Å². The maximum Gasteiger partial charge on any atom is 0.311 e. The van der Waals surface area contributed by atoms with Crippen LogP contribution in [0.2, 0.25) is 0 Å². The molecular weight excluding hydrogens is 270 g/mol. The Morgan fingerprint density at radius 2 is 1.86 bits per heavy atom. The van der Waals surface area contributed by atoms with Crippen molar-refractivity contribution in [3.63, 3.8) is 0 Å². The molecule has 1 rings (SSSR count). The fourth-order valence-corrected chi connectivity index (χ4v) is 1.56. The van der Waals surface area contributed by atoms with Crippen LogP contribution in [0.5, 0.6) is 0 Å². The number of hydrogen-bond acceptors (Lipinski definition) is 5. The number of para-hydroxylation sites is 1. The summed E-state index contributed by atoms with van der Waals surface area (Å²) in [6.07, 6.45) is -0.390. The number of hydrogen-bond donors (Lipinski definition) is 1. The molecule has 0 amide bonds. The van der Waals surface area contributed by atoms with Crippen LogP contribution in [0, 0.1) is 5.41 Å². The van der Waals surface area contributed by atoms with Gasteiger partial charge in [-0.15, -0.1) is 0 Å². The van der Waals surface area contributed by atoms with Crippen LogP contribution in [0.1, 0.15) is 33.3 Å². The normalized spacial score (nSPS) is 12.6. The molecule has 0 spiro atoms. The first-order chi connectivity index (χ1) is 9.70. The van der Waals surface area contributed by atoms with Gasteiger partial charge in [0, 0.05) is 5.69 Å². The summed E-state index contributed by atoms with van der Waals surface area (Å²) in [4.78, 5) is 23.4. The van der Waals surface area contributed by atoms with Crippen molar-refractivity contribution >= 4 is 17.6 Å². The molecule has 0 radical (unpaired) electrons. The summed E-state index contributed by atoms with van der Waals surface area (Å²) in [6, 6.07) is 7.13. The first kappa shape index (κ1) is 17.0. The fourth-order valence-electron chi connectivity index (χ4n) is 1.56. The molecule has 0 bridgehead atoms. The van der Waals surface area contributed by atoms with Gasteiger partial charge >= 0.3 is 11.9 Å². The molecule has 2 N–H and O–H groups in total. The molecule has 0 aliphatic carbocycles. The second-order valence-corrected chi connectivity index (χ2v) is 6.02. The summed E-state index contributed by atoms with van der Waals surface area (Å²) in [5.74, 6) is -0.718. The number of ether oxygens (including phenoxy) is 2. The Morgan fingerprint density at radius 3 is 2.43 bits per heavy atom. The van der Waals surface area contributed by atoms with Crippen LogP contribution in [0.25, 0.3) is 0 Å². The molecule has 0 aliphatic rings. The molecule has 0 fully saturated rings. The Bertz CT molecular complexity index is 505. The highest BCUT2D eigenvalue weighted by Crippen LogP contribution is 2.16. The minimum Gasteiger partial charge on any atom is -0.461 e. The van der Waals surface area contributed by atoms with Gasteiger partial charge in [-0.3, -0.25) is 9.59 Å². The standard InChI is InChI=1S/C16H23NO4/c1-11(10-20-15(19)16(2,3)4)21-14(18)9-12-7-5-6-8-13(12)17/h5-8,11H,9-10,17H2,1-4H3. The third-order valence-electron chi connectivity index (χ3n) is 2.78. The summed E-state index contributed by atoms with van der Waals surface area (Å²) in [6.45, 7) is 7.03. The van der Waals surface area contributed by atoms with Crippen LogP contribution in [0.3, 0.4) is 0 Å². The average Bonchev–Trinajstić information content (AvgIpc) is 2.37. The van der Waals surface area contributed by atoms with E-state index in [1.54, 1.807) is 45.9 Å². The van der Waals surface area contributed by atoms with Crippen molar-refractivity contribution in [1.82, 2.24) is 0 Å². The zero-order valence-electron chi connectivity index (χ0n) is 13.0. The van der Waals surface area contributed by atoms with Gasteiger partial charge in [-0.1, -0.05) is 18.2 Å². The van der Waals surface area contributed by atoms with Gasteiger partial charge in [-0.2, -0.15) is 0 Å². The maximum atomic E-state index is 11.8. The molecule has 1 aromatic carbocycles. The number of nitrogen functional groups attached to an aromatic ring is 1. The van der Waals surface area contributed by atoms with Crippen LogP contribution >= 0.6 is 0 Å². The van der Waals surface area contributed by atoms with E-state index in [-0.39, 0.29) is 19.0 Å². The maximum absolute atomic E-state index is 11.8. The second kappa shape index (κ2) is 7.11. The third-order valence-corrected chi connectivity index (χ3v) is 2.78. The number of rotatable bonds is 5. The minimum atomic E-state index is -0.567. The predicted molar refractivity (Wildman–Crippen MR) is 80.5 cm³/mol. The van der Waals surface area contributed by atoms with Crippen LogP contribution in [0.4, 0.5) is 5.69 Å². The van der Waals surface area contributed by atoms with Gasteiger partial charge in [-0.25, -0.2) is 0 Å². The highest BCUT2D eigenvalue weighted by molar-refractivity contribution is 5.76. The van der Waals surface area contributed by atoms with E-state index in [9.17, 15) is 9.59 Å². The summed E-state index contributed by atoms with van der Waals surface area (Å²) in [5.41, 5.74) is 6.48. The lowest BCUT2D eigenvalue weighted by atomic mass is 9.97. The van der Waals surface area contributed by atoms with E-state index < -0.39 is 17.5 Å². The summed E-state index contributed by atoms with van der Waals surface area (Å²) in [7, 11) is 0. The smallest absolute Gasteiger partial charge is 0.311 e. The Morgan fingerprint density at radius 1 is 1.24 bits per heavy atom. The van der Waals surface area contributed by atoms with Gasteiger partial charge in [-0.05, 0) is 39.3 Å². The van der Waals surface area contributed by atoms with Gasteiger partial charge in [0.2, 0.25) is 0 Å². The van der Waals surface area contributed by atoms with E-state index >= 15 is 0 Å². The van der Waals surface area contributed by atoms with E-state index in [0.717, 1.165) is 5.56 Å². The van der Waals surface area contributed by atoms with Crippen molar-refractivity contribution < 1.29 is 19.1 Å². The van der Waals surface area contributed by atoms with Crippen LogP contribution in [0.15, 0.2) is 24.3 Å². The second-order valence-electron chi connectivity index (χ2n) is 6.02. The zero-order valence-corrected chi connectivity index (χ0v) is 13.0. The van der Waals surface area contributed by atoms with Crippen molar-refractivity contribution in [2.45, 2.75) is 40.2 Å². The highest BCUT2D eigenvalue weighted by Gasteiger charge is 2.24. The molecule has 5 nitrogen and oxygen atoms in total. The van der Waals surface area contributed by atoms with E-state index in [4.69, 9.17) is 15.2 Å². The Kier molecular flexibility index (Phi) is 5.76. The lowest BCUT2D eigenvalue weighted by molar-refractivity contribution is -0.162. The van der Waals surface area contributed by atoms with E-state index in [1.807, 2.05) is 6.07 Å². The fraction of sp³-hybridized carbons (Fsp3) is 0.500. The quantitative estimate of drug-likeness (QED) is 0.666. The summed E-state index contributed by atoms with van der Waals surface area (Å²) < 4.78 is 10.3. The van der Waals surface area contributed by atoms with Crippen LogP contribution < -0.4 is 5.73 Å². The molecule has 0 heterocycles. The number of nitrogens with two attached hydrogens (primary N) is 1. The topological polar surface area (TPSA) is 78.6 Å². The highest BCUT2D eigenvalue weighted by atomic mass is 16.6. The molecule has 116 valence electrons. The van der Waals surface area contributed by atoms with Gasteiger partial charge in [0.15, 0.2) is 0 Å². The monoisotopic (exact) mass is 293 g/mol. The molecule has 1 atom stereocenters. The SMILES string of the molecule is CC(COC(=O)C(C)(C)C)OC(=O)Cc1ccccc1N. The largest absolute Gasteiger partial charge is 0.461 e. The van der Waals surface area contributed by atoms with E-state index in [1.165, 1.54) is 0 Å². The van der Waals surface area contributed by atoms with E-state index in [2.05, 4.69) is 0 Å². The van der Waals surface area contributed by atoms with Crippen LogP contribution in [-0.2, 0) is 25.5 Å². The van der Waals surface area contributed by atoms with Gasteiger partial charge in [0.05, 0.1) is 11.8 Å². The Balaban J connectivity index is 2.41. The number of anilines is 1. The third kappa shape index (κ3) is 5.85. The lowest BCUT2D eigenvalue weighted by Gasteiger charge is -2.19. The number of carbonyl (C=O) groups is 2. The molecule has 1 aromatic rings. The van der Waals surface area contributed by atoms with Crippen molar-refractivity contribution in [1.29, 1.82) is 0 Å². The van der Waals surface area contributed by atoms with Crippen molar-refractivity contribution in [3.8, 4) is 0 Å². The Labute approximate surface area is 125 Å². The van der Waals surface area contributed by atoms with Gasteiger partial charge in [0.1, 0.15) is 12.7 Å². The molecular formula is C16H23NO4.